The molecular weight excluding hydrogens is 212 g/mol. The second-order valence-corrected chi connectivity index (χ2v) is 3.83. The van der Waals surface area contributed by atoms with Crippen LogP contribution in [0.3, 0.4) is 0 Å². The zero-order valence-electron chi connectivity index (χ0n) is 9.41. The lowest BCUT2D eigenvalue weighted by molar-refractivity contribution is 0.464. The molecule has 0 radical (unpaired) electrons. The van der Waals surface area contributed by atoms with Crippen molar-refractivity contribution in [2.24, 2.45) is 0 Å². The summed E-state index contributed by atoms with van der Waals surface area (Å²) in [7, 11) is 0. The van der Waals surface area contributed by atoms with Gasteiger partial charge in [-0.15, -0.1) is 11.6 Å². The van der Waals surface area contributed by atoms with Crippen LogP contribution in [0, 0.1) is 0 Å². The highest BCUT2D eigenvalue weighted by molar-refractivity contribution is 6.17. The van der Waals surface area contributed by atoms with Crippen LogP contribution in [-0.2, 0) is 13.1 Å². The first-order valence-electron chi connectivity index (χ1n) is 5.47. The fourth-order valence-corrected chi connectivity index (χ4v) is 1.77. The van der Waals surface area contributed by atoms with Gasteiger partial charge in [0.2, 0.25) is 0 Å². The van der Waals surface area contributed by atoms with E-state index in [-0.39, 0.29) is 0 Å². The van der Waals surface area contributed by atoms with Crippen LogP contribution in [0.15, 0.2) is 6.33 Å². The van der Waals surface area contributed by atoms with Crippen molar-refractivity contribution < 1.29 is 0 Å². The first-order chi connectivity index (χ1) is 7.31. The molecule has 1 rings (SSSR count). The van der Waals surface area contributed by atoms with Crippen LogP contribution in [0.1, 0.15) is 32.5 Å². The van der Waals surface area contributed by atoms with Crippen LogP contribution < -0.4 is 5.32 Å². The first-order valence-corrected chi connectivity index (χ1v) is 6.01. The molecule has 4 nitrogen and oxygen atoms in total. The fraction of sp³-hybridized carbons (Fsp3) is 0.800. The fourth-order valence-electron chi connectivity index (χ4n) is 1.51. The standard InChI is InChI=1S/C10H19ClN4/c1-3-9(5-6-11)12-7-10-13-8-14-15(10)4-2/h8-9,12H,3-7H2,1-2H3. The van der Waals surface area contributed by atoms with E-state index in [2.05, 4.69) is 29.2 Å². The molecular formula is C10H19ClN4. The van der Waals surface area contributed by atoms with Crippen LogP contribution in [0.4, 0.5) is 0 Å². The Hall–Kier alpha value is -0.610. The molecule has 0 fully saturated rings. The van der Waals surface area contributed by atoms with Crippen molar-refractivity contribution in [1.82, 2.24) is 20.1 Å². The van der Waals surface area contributed by atoms with Crippen molar-refractivity contribution in [2.75, 3.05) is 5.88 Å². The SMILES string of the molecule is CCC(CCCl)NCc1ncnn1CC. The topological polar surface area (TPSA) is 42.7 Å². The molecule has 0 bridgehead atoms. The van der Waals surface area contributed by atoms with E-state index < -0.39 is 0 Å². The van der Waals surface area contributed by atoms with E-state index >= 15 is 0 Å². The predicted molar refractivity (Wildman–Crippen MR) is 62.0 cm³/mol. The highest BCUT2D eigenvalue weighted by Gasteiger charge is 2.07. The molecule has 0 amide bonds. The van der Waals surface area contributed by atoms with E-state index in [0.29, 0.717) is 11.9 Å². The van der Waals surface area contributed by atoms with Crippen molar-refractivity contribution in [3.8, 4) is 0 Å². The molecule has 5 heteroatoms. The Bertz CT molecular complexity index is 274. The summed E-state index contributed by atoms with van der Waals surface area (Å²) in [6.07, 6.45) is 3.69. The molecule has 0 aliphatic rings. The van der Waals surface area contributed by atoms with Gasteiger partial charge < -0.3 is 5.32 Å². The number of hydrogen-bond acceptors (Lipinski definition) is 3. The number of nitrogens with zero attached hydrogens (tertiary/aromatic N) is 3. The Morgan fingerprint density at radius 1 is 1.53 bits per heavy atom. The van der Waals surface area contributed by atoms with Gasteiger partial charge in [0, 0.05) is 18.5 Å². The van der Waals surface area contributed by atoms with Crippen molar-refractivity contribution in [1.29, 1.82) is 0 Å². The molecule has 1 heterocycles. The largest absolute Gasteiger partial charge is 0.307 e. The molecule has 1 unspecified atom stereocenters. The summed E-state index contributed by atoms with van der Waals surface area (Å²) >= 11 is 5.72. The molecule has 1 atom stereocenters. The minimum atomic E-state index is 0.476. The summed E-state index contributed by atoms with van der Waals surface area (Å²) in [5.41, 5.74) is 0. The Morgan fingerprint density at radius 3 is 2.93 bits per heavy atom. The van der Waals surface area contributed by atoms with E-state index in [1.807, 2.05) is 4.68 Å². The van der Waals surface area contributed by atoms with E-state index in [1.54, 1.807) is 6.33 Å². The van der Waals surface area contributed by atoms with Gasteiger partial charge in [0.05, 0.1) is 6.54 Å². The van der Waals surface area contributed by atoms with Crippen molar-refractivity contribution in [3.63, 3.8) is 0 Å². The molecule has 15 heavy (non-hydrogen) atoms. The summed E-state index contributed by atoms with van der Waals surface area (Å²) < 4.78 is 1.90. The Kier molecular flexibility index (Phi) is 5.65. The third-order valence-electron chi connectivity index (χ3n) is 2.49. The summed E-state index contributed by atoms with van der Waals surface area (Å²) in [5.74, 6) is 1.69. The van der Waals surface area contributed by atoms with Gasteiger partial charge in [-0.25, -0.2) is 9.67 Å². The molecule has 0 saturated carbocycles. The van der Waals surface area contributed by atoms with E-state index in [9.17, 15) is 0 Å². The first kappa shape index (κ1) is 12.5. The molecule has 86 valence electrons. The number of hydrogen-bond donors (Lipinski definition) is 1. The molecule has 0 spiro atoms. The van der Waals surface area contributed by atoms with Gasteiger partial charge in [-0.2, -0.15) is 5.10 Å². The third-order valence-corrected chi connectivity index (χ3v) is 2.71. The second-order valence-electron chi connectivity index (χ2n) is 3.46. The quantitative estimate of drug-likeness (QED) is 0.727. The minimum Gasteiger partial charge on any atom is -0.307 e. The van der Waals surface area contributed by atoms with E-state index in [4.69, 9.17) is 11.6 Å². The predicted octanol–water partition coefficient (Wildman–Crippen LogP) is 1.80. The van der Waals surface area contributed by atoms with Gasteiger partial charge in [0.15, 0.2) is 0 Å². The number of aromatic nitrogens is 3. The summed E-state index contributed by atoms with van der Waals surface area (Å²) in [6.45, 7) is 5.86. The Labute approximate surface area is 96.0 Å². The number of rotatable bonds is 7. The number of halogens is 1. The average molecular weight is 231 g/mol. The Balaban J connectivity index is 2.41. The van der Waals surface area contributed by atoms with E-state index in [1.165, 1.54) is 0 Å². The van der Waals surface area contributed by atoms with Gasteiger partial charge in [-0.05, 0) is 19.8 Å². The summed E-state index contributed by atoms with van der Waals surface area (Å²) in [4.78, 5) is 4.21. The summed E-state index contributed by atoms with van der Waals surface area (Å²) in [5, 5.41) is 7.56. The lowest BCUT2D eigenvalue weighted by atomic mass is 10.2. The van der Waals surface area contributed by atoms with Gasteiger partial charge in [0.25, 0.3) is 0 Å². The van der Waals surface area contributed by atoms with Gasteiger partial charge >= 0.3 is 0 Å². The number of alkyl halides is 1. The lowest BCUT2D eigenvalue weighted by Crippen LogP contribution is -2.29. The van der Waals surface area contributed by atoms with Gasteiger partial charge in [0.1, 0.15) is 12.2 Å². The molecule has 1 N–H and O–H groups in total. The van der Waals surface area contributed by atoms with E-state index in [0.717, 1.165) is 31.8 Å². The summed E-state index contributed by atoms with van der Waals surface area (Å²) in [6, 6.07) is 0.476. The average Bonchev–Trinajstić information content (AvgIpc) is 2.71. The van der Waals surface area contributed by atoms with Gasteiger partial charge in [-0.1, -0.05) is 6.92 Å². The van der Waals surface area contributed by atoms with Crippen LogP contribution in [0.2, 0.25) is 0 Å². The minimum absolute atomic E-state index is 0.476. The van der Waals surface area contributed by atoms with Crippen molar-refractivity contribution in [3.05, 3.63) is 12.2 Å². The highest BCUT2D eigenvalue weighted by Crippen LogP contribution is 2.01. The zero-order valence-corrected chi connectivity index (χ0v) is 10.2. The number of nitrogens with one attached hydrogen (secondary N) is 1. The molecule has 1 aromatic rings. The maximum Gasteiger partial charge on any atom is 0.140 e. The molecule has 0 aliphatic heterocycles. The highest BCUT2D eigenvalue weighted by atomic mass is 35.5. The van der Waals surface area contributed by atoms with Crippen LogP contribution >= 0.6 is 11.6 Å². The van der Waals surface area contributed by atoms with Crippen LogP contribution in [0.5, 0.6) is 0 Å². The normalized spacial score (nSPS) is 13.0. The molecule has 1 aromatic heterocycles. The third kappa shape index (κ3) is 3.80. The monoisotopic (exact) mass is 230 g/mol. The number of aryl methyl sites for hydroxylation is 1. The lowest BCUT2D eigenvalue weighted by Gasteiger charge is -2.15. The van der Waals surface area contributed by atoms with Crippen molar-refractivity contribution in [2.45, 2.75) is 45.8 Å². The molecule has 0 aliphatic carbocycles. The maximum atomic E-state index is 5.72. The van der Waals surface area contributed by atoms with Crippen LogP contribution in [0.25, 0.3) is 0 Å². The zero-order chi connectivity index (χ0) is 11.1. The smallest absolute Gasteiger partial charge is 0.140 e. The van der Waals surface area contributed by atoms with Crippen LogP contribution in [-0.4, -0.2) is 26.7 Å². The molecule has 0 saturated heterocycles. The Morgan fingerprint density at radius 2 is 2.33 bits per heavy atom. The molecule has 0 aromatic carbocycles. The second kappa shape index (κ2) is 6.80. The van der Waals surface area contributed by atoms with Gasteiger partial charge in [-0.3, -0.25) is 0 Å². The van der Waals surface area contributed by atoms with Crippen molar-refractivity contribution >= 4 is 11.6 Å². The maximum absolute atomic E-state index is 5.72.